The molecular weight excluding hydrogens is 328 g/mol. The molecule has 1 aliphatic carbocycles. The van der Waals surface area contributed by atoms with Crippen molar-refractivity contribution in [3.8, 4) is 0 Å². The number of fused-ring (bicyclic) bond motifs is 6. The van der Waals surface area contributed by atoms with Crippen molar-refractivity contribution in [3.63, 3.8) is 0 Å². The normalized spacial score (nSPS) is 18.1. The van der Waals surface area contributed by atoms with E-state index in [1.807, 2.05) is 12.3 Å². The van der Waals surface area contributed by atoms with E-state index in [2.05, 4.69) is 69.9 Å². The molecule has 0 amide bonds. The average Bonchev–Trinajstić information content (AvgIpc) is 2.64. The van der Waals surface area contributed by atoms with Crippen LogP contribution in [0, 0.1) is 6.92 Å². The molecule has 136 valence electrons. The number of hydrogen-bond acceptors (Lipinski definition) is 2. The summed E-state index contributed by atoms with van der Waals surface area (Å²) in [6.07, 6.45) is 4.29. The van der Waals surface area contributed by atoms with Crippen LogP contribution in [0.1, 0.15) is 57.4 Å². The van der Waals surface area contributed by atoms with E-state index in [0.717, 1.165) is 16.7 Å². The maximum absolute atomic E-state index is 4.82. The van der Waals surface area contributed by atoms with Crippen molar-refractivity contribution < 1.29 is 0 Å². The van der Waals surface area contributed by atoms with Gasteiger partial charge >= 0.3 is 0 Å². The molecule has 2 aromatic heterocycles. The molecule has 0 bridgehead atoms. The minimum atomic E-state index is 0.209. The maximum Gasteiger partial charge on any atom is 0.160 e. The van der Waals surface area contributed by atoms with E-state index in [1.165, 1.54) is 45.5 Å². The van der Waals surface area contributed by atoms with E-state index >= 15 is 0 Å². The molecule has 1 aliphatic rings. The molecule has 2 nitrogen and oxygen atoms in total. The summed E-state index contributed by atoms with van der Waals surface area (Å²) in [7, 11) is 0. The molecule has 4 aromatic rings. The predicted molar refractivity (Wildman–Crippen MR) is 115 cm³/mol. The largest absolute Gasteiger partial charge is 0.237 e. The fourth-order valence-corrected chi connectivity index (χ4v) is 4.91. The molecule has 2 heteroatoms. The zero-order valence-electron chi connectivity index (χ0n) is 16.9. The van der Waals surface area contributed by atoms with Gasteiger partial charge in [0.1, 0.15) is 0 Å². The summed E-state index contributed by atoms with van der Waals surface area (Å²) < 4.78 is 0. The molecule has 2 heterocycles. The summed E-state index contributed by atoms with van der Waals surface area (Å²) in [5.74, 6) is 0. The molecule has 0 saturated carbocycles. The Balaban J connectivity index is 1.96. The molecule has 0 atom stereocenters. The summed E-state index contributed by atoms with van der Waals surface area (Å²) in [4.78, 5) is 9.29. The van der Waals surface area contributed by atoms with E-state index in [4.69, 9.17) is 4.98 Å². The number of hydrogen-bond donors (Lipinski definition) is 0. The van der Waals surface area contributed by atoms with Crippen molar-refractivity contribution in [1.29, 1.82) is 0 Å². The van der Waals surface area contributed by atoms with Crippen molar-refractivity contribution in [2.45, 2.75) is 58.3 Å². The smallest absolute Gasteiger partial charge is 0.160 e. The molecule has 5 rings (SSSR count). The Morgan fingerprint density at radius 1 is 0.815 bits per heavy atom. The van der Waals surface area contributed by atoms with Gasteiger partial charge in [-0.2, -0.15) is 0 Å². The zero-order chi connectivity index (χ0) is 19.0. The van der Waals surface area contributed by atoms with Crippen molar-refractivity contribution >= 4 is 32.6 Å². The van der Waals surface area contributed by atoms with Gasteiger partial charge in [0, 0.05) is 22.7 Å². The predicted octanol–water partition coefficient (Wildman–Crippen LogP) is 6.59. The van der Waals surface area contributed by atoms with Crippen LogP contribution in [-0.4, -0.2) is 9.97 Å². The van der Waals surface area contributed by atoms with Crippen LogP contribution in [0.2, 0.25) is 0 Å². The van der Waals surface area contributed by atoms with Gasteiger partial charge in [-0.1, -0.05) is 45.9 Å². The second-order valence-corrected chi connectivity index (χ2v) is 9.45. The molecular formula is C25H26N2. The Labute approximate surface area is 160 Å². The molecule has 0 saturated heterocycles. The monoisotopic (exact) mass is 354 g/mol. The van der Waals surface area contributed by atoms with Gasteiger partial charge in [-0.15, -0.1) is 0 Å². The van der Waals surface area contributed by atoms with E-state index < -0.39 is 0 Å². The van der Waals surface area contributed by atoms with E-state index in [1.54, 1.807) is 0 Å². The number of aryl methyl sites for hydroxylation is 1. The van der Waals surface area contributed by atoms with Crippen LogP contribution in [0.25, 0.3) is 32.6 Å². The molecule has 0 radical (unpaired) electrons. The molecule has 0 fully saturated rings. The fraction of sp³-hybridized carbons (Fsp3) is 0.360. The molecule has 0 aliphatic heterocycles. The van der Waals surface area contributed by atoms with Gasteiger partial charge < -0.3 is 0 Å². The fourth-order valence-electron chi connectivity index (χ4n) is 4.91. The number of pyridine rings is 2. The van der Waals surface area contributed by atoms with Crippen molar-refractivity contribution in [1.82, 2.24) is 9.97 Å². The standard InChI is InChI=1S/C25H26N2/c1-15-22-17(18-7-6-12-26-23(18)27-15)9-8-16-13-20-21(14-19(16)22)25(4,5)11-10-24(20,2)3/h6-9,12-14H,10-11H2,1-5H3. The lowest BCUT2D eigenvalue weighted by Gasteiger charge is -2.42. The highest BCUT2D eigenvalue weighted by Gasteiger charge is 2.37. The van der Waals surface area contributed by atoms with Gasteiger partial charge in [-0.05, 0) is 76.1 Å². The maximum atomic E-state index is 4.82. The third kappa shape index (κ3) is 2.32. The highest BCUT2D eigenvalue weighted by Crippen LogP contribution is 2.48. The SMILES string of the molecule is Cc1nc2ncccc2c2ccc3cc4c(cc3c12)C(C)(C)CCC4(C)C. The van der Waals surface area contributed by atoms with Gasteiger partial charge in [0.15, 0.2) is 5.65 Å². The first-order chi connectivity index (χ1) is 12.8. The minimum absolute atomic E-state index is 0.209. The van der Waals surface area contributed by atoms with Gasteiger partial charge in [-0.25, -0.2) is 9.97 Å². The summed E-state index contributed by atoms with van der Waals surface area (Å²) in [6, 6.07) is 13.6. The lowest BCUT2D eigenvalue weighted by molar-refractivity contribution is 0.332. The van der Waals surface area contributed by atoms with Crippen LogP contribution in [0.5, 0.6) is 0 Å². The highest BCUT2D eigenvalue weighted by molar-refractivity contribution is 6.17. The topological polar surface area (TPSA) is 25.8 Å². The lowest BCUT2D eigenvalue weighted by atomic mass is 9.62. The average molecular weight is 354 g/mol. The third-order valence-corrected chi connectivity index (χ3v) is 6.70. The van der Waals surface area contributed by atoms with Gasteiger partial charge in [0.2, 0.25) is 0 Å². The third-order valence-electron chi connectivity index (χ3n) is 6.70. The van der Waals surface area contributed by atoms with Crippen LogP contribution >= 0.6 is 0 Å². The summed E-state index contributed by atoms with van der Waals surface area (Å²) >= 11 is 0. The second-order valence-electron chi connectivity index (χ2n) is 9.45. The van der Waals surface area contributed by atoms with Crippen molar-refractivity contribution in [2.24, 2.45) is 0 Å². The van der Waals surface area contributed by atoms with Crippen LogP contribution in [0.4, 0.5) is 0 Å². The molecule has 27 heavy (non-hydrogen) atoms. The molecule has 0 spiro atoms. The quantitative estimate of drug-likeness (QED) is 0.333. The van der Waals surface area contributed by atoms with Crippen LogP contribution in [-0.2, 0) is 10.8 Å². The lowest BCUT2D eigenvalue weighted by Crippen LogP contribution is -2.33. The Morgan fingerprint density at radius 2 is 1.52 bits per heavy atom. The van der Waals surface area contributed by atoms with Crippen LogP contribution < -0.4 is 0 Å². The van der Waals surface area contributed by atoms with Crippen LogP contribution in [0.15, 0.2) is 42.6 Å². The van der Waals surface area contributed by atoms with Gasteiger partial charge in [-0.3, -0.25) is 0 Å². The molecule has 2 aromatic carbocycles. The first kappa shape index (κ1) is 16.7. The number of benzene rings is 2. The Morgan fingerprint density at radius 3 is 2.26 bits per heavy atom. The van der Waals surface area contributed by atoms with Gasteiger partial charge in [0.05, 0.1) is 0 Å². The van der Waals surface area contributed by atoms with E-state index in [-0.39, 0.29) is 10.8 Å². The van der Waals surface area contributed by atoms with E-state index in [9.17, 15) is 0 Å². The van der Waals surface area contributed by atoms with Gasteiger partial charge in [0.25, 0.3) is 0 Å². The summed E-state index contributed by atoms with van der Waals surface area (Å²) in [5, 5.41) is 6.31. The van der Waals surface area contributed by atoms with Crippen molar-refractivity contribution in [3.05, 3.63) is 59.4 Å². The summed E-state index contributed by atoms with van der Waals surface area (Å²) in [6.45, 7) is 11.7. The zero-order valence-corrected chi connectivity index (χ0v) is 16.9. The number of nitrogens with zero attached hydrogens (tertiary/aromatic N) is 2. The molecule has 0 N–H and O–H groups in total. The highest BCUT2D eigenvalue weighted by atomic mass is 14.8. The van der Waals surface area contributed by atoms with Crippen LogP contribution in [0.3, 0.4) is 0 Å². The number of rotatable bonds is 0. The minimum Gasteiger partial charge on any atom is -0.237 e. The van der Waals surface area contributed by atoms with E-state index in [0.29, 0.717) is 0 Å². The second kappa shape index (κ2) is 5.28. The molecule has 0 unspecified atom stereocenters. The Kier molecular flexibility index (Phi) is 3.26. The summed E-state index contributed by atoms with van der Waals surface area (Å²) in [5.41, 5.74) is 5.36. The Hall–Kier alpha value is -2.48. The Bertz CT molecular complexity index is 1230. The van der Waals surface area contributed by atoms with Crippen molar-refractivity contribution in [2.75, 3.05) is 0 Å². The number of aromatic nitrogens is 2. The first-order valence-corrected chi connectivity index (χ1v) is 9.91. The first-order valence-electron chi connectivity index (χ1n) is 9.91.